The minimum Gasteiger partial charge on any atom is -0.314 e. The fraction of sp³-hybridized carbons (Fsp3) is 0.600. The maximum atomic E-state index is 5.94. The van der Waals surface area contributed by atoms with Crippen molar-refractivity contribution >= 4 is 11.6 Å². The summed E-state index contributed by atoms with van der Waals surface area (Å²) in [5.74, 6) is 1.42. The van der Waals surface area contributed by atoms with Crippen molar-refractivity contribution in [1.82, 2.24) is 5.32 Å². The van der Waals surface area contributed by atoms with E-state index in [-0.39, 0.29) is 0 Å². The Hall–Kier alpha value is -0.530. The number of rotatable bonds is 4. The lowest BCUT2D eigenvalue weighted by Gasteiger charge is -2.22. The van der Waals surface area contributed by atoms with E-state index in [0.717, 1.165) is 17.5 Å². The molecule has 3 atom stereocenters. The number of halogens is 1. The second kappa shape index (κ2) is 5.88. The Morgan fingerprint density at radius 1 is 1.24 bits per heavy atom. The molecule has 0 heterocycles. The van der Waals surface area contributed by atoms with Crippen molar-refractivity contribution < 1.29 is 0 Å². The molecule has 2 rings (SSSR count). The van der Waals surface area contributed by atoms with E-state index in [0.29, 0.717) is 12.0 Å². The summed E-state index contributed by atoms with van der Waals surface area (Å²) >= 11 is 5.94. The van der Waals surface area contributed by atoms with Gasteiger partial charge in [-0.15, -0.1) is 0 Å². The average Bonchev–Trinajstić information content (AvgIpc) is 2.69. The molecule has 2 heteroatoms. The van der Waals surface area contributed by atoms with Crippen molar-refractivity contribution in [1.29, 1.82) is 0 Å². The molecule has 1 aromatic carbocycles. The highest BCUT2D eigenvalue weighted by molar-refractivity contribution is 6.30. The predicted octanol–water partition coefficient (Wildman–Crippen LogP) is 4.22. The Bertz CT molecular complexity index is 346. The molecule has 0 amide bonds. The van der Waals surface area contributed by atoms with E-state index < -0.39 is 0 Å². The summed E-state index contributed by atoms with van der Waals surface area (Å²) in [6.45, 7) is 5.74. The van der Waals surface area contributed by atoms with E-state index in [4.69, 9.17) is 11.6 Å². The first-order valence-corrected chi connectivity index (χ1v) is 7.09. The van der Waals surface area contributed by atoms with E-state index in [1.807, 2.05) is 12.1 Å². The van der Waals surface area contributed by atoms with Gasteiger partial charge >= 0.3 is 0 Å². The molecule has 1 aromatic rings. The van der Waals surface area contributed by atoms with Crippen LogP contribution in [0.1, 0.15) is 44.6 Å². The Balaban J connectivity index is 2.01. The third-order valence-corrected chi connectivity index (χ3v) is 4.26. The average molecular weight is 252 g/mol. The minimum absolute atomic E-state index is 0.690. The highest BCUT2D eigenvalue weighted by atomic mass is 35.5. The van der Waals surface area contributed by atoms with Crippen LogP contribution >= 0.6 is 11.6 Å². The van der Waals surface area contributed by atoms with Gasteiger partial charge in [0.25, 0.3) is 0 Å². The quantitative estimate of drug-likeness (QED) is 0.845. The first kappa shape index (κ1) is 12.9. The molecule has 0 aromatic heterocycles. The zero-order valence-corrected chi connectivity index (χ0v) is 11.5. The molecule has 1 aliphatic rings. The zero-order valence-electron chi connectivity index (χ0n) is 10.7. The molecule has 1 fully saturated rings. The molecule has 17 heavy (non-hydrogen) atoms. The van der Waals surface area contributed by atoms with Gasteiger partial charge in [0.15, 0.2) is 0 Å². The van der Waals surface area contributed by atoms with Gasteiger partial charge in [-0.25, -0.2) is 0 Å². The normalized spacial score (nSPS) is 28.5. The second-order valence-corrected chi connectivity index (χ2v) is 5.59. The fourth-order valence-electron chi connectivity index (χ4n) is 2.96. The summed E-state index contributed by atoms with van der Waals surface area (Å²) in [6.07, 6.45) is 3.81. The molecule has 0 bridgehead atoms. The monoisotopic (exact) mass is 251 g/mol. The van der Waals surface area contributed by atoms with Crippen LogP contribution in [0.4, 0.5) is 0 Å². The highest BCUT2D eigenvalue weighted by Crippen LogP contribution is 2.39. The summed E-state index contributed by atoms with van der Waals surface area (Å²) in [7, 11) is 0. The fourth-order valence-corrected chi connectivity index (χ4v) is 3.09. The van der Waals surface area contributed by atoms with Gasteiger partial charge < -0.3 is 5.32 Å². The van der Waals surface area contributed by atoms with Crippen molar-refractivity contribution in [3.63, 3.8) is 0 Å². The van der Waals surface area contributed by atoms with Crippen LogP contribution in [0.2, 0.25) is 5.02 Å². The number of hydrogen-bond acceptors (Lipinski definition) is 1. The van der Waals surface area contributed by atoms with Crippen LogP contribution in [-0.4, -0.2) is 12.6 Å². The largest absolute Gasteiger partial charge is 0.314 e. The lowest BCUT2D eigenvalue weighted by atomic mass is 9.89. The predicted molar refractivity (Wildman–Crippen MR) is 74.7 cm³/mol. The number of nitrogens with one attached hydrogen (secondary N) is 1. The molecule has 1 aliphatic carbocycles. The van der Waals surface area contributed by atoms with Crippen LogP contribution in [0, 0.1) is 5.92 Å². The minimum atomic E-state index is 0.690. The van der Waals surface area contributed by atoms with Gasteiger partial charge in [-0.3, -0.25) is 0 Å². The van der Waals surface area contributed by atoms with E-state index in [1.165, 1.54) is 24.8 Å². The molecule has 3 unspecified atom stereocenters. The van der Waals surface area contributed by atoms with Crippen molar-refractivity contribution in [2.45, 2.75) is 45.1 Å². The third-order valence-electron chi connectivity index (χ3n) is 4.01. The summed E-state index contributed by atoms with van der Waals surface area (Å²) in [6, 6.07) is 9.08. The molecule has 1 N–H and O–H groups in total. The van der Waals surface area contributed by atoms with Crippen molar-refractivity contribution in [3.05, 3.63) is 34.9 Å². The van der Waals surface area contributed by atoms with E-state index in [2.05, 4.69) is 31.3 Å². The van der Waals surface area contributed by atoms with Crippen LogP contribution in [0.25, 0.3) is 0 Å². The lowest BCUT2D eigenvalue weighted by molar-refractivity contribution is 0.405. The second-order valence-electron chi connectivity index (χ2n) is 5.16. The van der Waals surface area contributed by atoms with Crippen LogP contribution in [0.15, 0.2) is 24.3 Å². The Morgan fingerprint density at radius 3 is 2.59 bits per heavy atom. The molecular formula is C15H22ClN. The van der Waals surface area contributed by atoms with Crippen molar-refractivity contribution in [2.24, 2.45) is 5.92 Å². The van der Waals surface area contributed by atoms with Gasteiger partial charge in [0, 0.05) is 11.1 Å². The summed E-state index contributed by atoms with van der Waals surface area (Å²) in [4.78, 5) is 0. The first-order valence-electron chi connectivity index (χ1n) is 6.71. The van der Waals surface area contributed by atoms with E-state index >= 15 is 0 Å². The maximum absolute atomic E-state index is 5.94. The molecule has 94 valence electrons. The van der Waals surface area contributed by atoms with Gasteiger partial charge in [-0.05, 0) is 55.3 Å². The SMILES string of the molecule is CCCNC1CCC(c2ccc(Cl)cc2)C1C. The third kappa shape index (κ3) is 3.02. The molecule has 0 saturated heterocycles. The Kier molecular flexibility index (Phi) is 4.47. The standard InChI is InChI=1S/C15H22ClN/c1-3-10-17-15-9-8-14(11(15)2)12-4-6-13(16)7-5-12/h4-7,11,14-15,17H,3,8-10H2,1-2H3. The van der Waals surface area contributed by atoms with Gasteiger partial charge in [0.2, 0.25) is 0 Å². The van der Waals surface area contributed by atoms with Gasteiger partial charge in [0.1, 0.15) is 0 Å². The van der Waals surface area contributed by atoms with Gasteiger partial charge in [0.05, 0.1) is 0 Å². The zero-order chi connectivity index (χ0) is 12.3. The summed E-state index contributed by atoms with van der Waals surface area (Å²) in [5.41, 5.74) is 1.45. The topological polar surface area (TPSA) is 12.0 Å². The lowest BCUT2D eigenvalue weighted by Crippen LogP contribution is -2.32. The van der Waals surface area contributed by atoms with Crippen LogP contribution in [0.5, 0.6) is 0 Å². The summed E-state index contributed by atoms with van der Waals surface area (Å²) < 4.78 is 0. The molecule has 0 aliphatic heterocycles. The van der Waals surface area contributed by atoms with Crippen LogP contribution in [-0.2, 0) is 0 Å². The molecule has 0 radical (unpaired) electrons. The molecule has 0 spiro atoms. The van der Waals surface area contributed by atoms with Gasteiger partial charge in [-0.1, -0.05) is 37.6 Å². The Labute approximate surface area is 110 Å². The number of benzene rings is 1. The molecule has 1 nitrogen and oxygen atoms in total. The molecular weight excluding hydrogens is 230 g/mol. The van der Waals surface area contributed by atoms with Crippen molar-refractivity contribution in [3.8, 4) is 0 Å². The summed E-state index contributed by atoms with van der Waals surface area (Å²) in [5, 5.41) is 4.50. The van der Waals surface area contributed by atoms with Crippen molar-refractivity contribution in [2.75, 3.05) is 6.54 Å². The smallest absolute Gasteiger partial charge is 0.0406 e. The van der Waals surface area contributed by atoms with E-state index in [9.17, 15) is 0 Å². The first-order chi connectivity index (χ1) is 8.22. The Morgan fingerprint density at radius 2 is 1.94 bits per heavy atom. The van der Waals surface area contributed by atoms with Crippen LogP contribution < -0.4 is 5.32 Å². The number of hydrogen-bond donors (Lipinski definition) is 1. The maximum Gasteiger partial charge on any atom is 0.0406 e. The van der Waals surface area contributed by atoms with Gasteiger partial charge in [-0.2, -0.15) is 0 Å². The van der Waals surface area contributed by atoms with Crippen LogP contribution in [0.3, 0.4) is 0 Å². The highest BCUT2D eigenvalue weighted by Gasteiger charge is 2.32. The molecule has 1 saturated carbocycles. The van der Waals surface area contributed by atoms with E-state index in [1.54, 1.807) is 0 Å².